The molecule has 2 amide bonds. The van der Waals surface area contributed by atoms with Gasteiger partial charge >= 0.3 is 6.09 Å². The van der Waals surface area contributed by atoms with Crippen molar-refractivity contribution in [2.24, 2.45) is 0 Å². The predicted octanol–water partition coefficient (Wildman–Crippen LogP) is 3.65. The molecule has 7 nitrogen and oxygen atoms in total. The molecule has 0 unspecified atom stereocenters. The number of hydrogen-bond acceptors (Lipinski definition) is 5. The number of pyridine rings is 1. The van der Waals surface area contributed by atoms with Crippen molar-refractivity contribution in [1.82, 2.24) is 9.88 Å². The summed E-state index contributed by atoms with van der Waals surface area (Å²) in [4.78, 5) is 35.3. The standard InChI is InChI=1S/C24H30N4O3/c1-4-5-19-14-17(2)22(25-15-19)26-10-12-27(13-11-26)23(29)20-6-8-21(9-7-20)28-18(3)16-31-24(28)30/h6-9,14-15,18H,4-5,10-13,16H2,1-3H3/t18-/m1/s1. The lowest BCUT2D eigenvalue weighted by atomic mass is 10.1. The second-order valence-electron chi connectivity index (χ2n) is 8.36. The third-order valence-electron chi connectivity index (χ3n) is 5.99. The molecule has 2 saturated heterocycles. The van der Waals surface area contributed by atoms with Gasteiger partial charge in [0.05, 0.1) is 6.04 Å². The third kappa shape index (κ3) is 4.36. The Morgan fingerprint density at radius 2 is 1.87 bits per heavy atom. The highest BCUT2D eigenvalue weighted by molar-refractivity contribution is 5.96. The average molecular weight is 423 g/mol. The third-order valence-corrected chi connectivity index (χ3v) is 5.99. The lowest BCUT2D eigenvalue weighted by molar-refractivity contribution is 0.0746. The number of aromatic nitrogens is 1. The van der Waals surface area contributed by atoms with E-state index in [2.05, 4.69) is 29.8 Å². The van der Waals surface area contributed by atoms with Crippen LogP contribution in [0.1, 0.15) is 41.8 Å². The highest BCUT2D eigenvalue weighted by atomic mass is 16.6. The van der Waals surface area contributed by atoms with E-state index in [0.717, 1.165) is 37.4 Å². The fourth-order valence-electron chi connectivity index (χ4n) is 4.33. The number of hydrogen-bond donors (Lipinski definition) is 0. The van der Waals surface area contributed by atoms with Gasteiger partial charge in [-0.25, -0.2) is 9.78 Å². The molecule has 2 aromatic rings. The molecule has 164 valence electrons. The zero-order chi connectivity index (χ0) is 22.0. The van der Waals surface area contributed by atoms with Gasteiger partial charge in [-0.3, -0.25) is 9.69 Å². The maximum Gasteiger partial charge on any atom is 0.414 e. The summed E-state index contributed by atoms with van der Waals surface area (Å²) < 4.78 is 5.08. The minimum absolute atomic E-state index is 0.00441. The van der Waals surface area contributed by atoms with Gasteiger partial charge in [0.15, 0.2) is 0 Å². The van der Waals surface area contributed by atoms with E-state index in [1.807, 2.05) is 30.2 Å². The lowest BCUT2D eigenvalue weighted by Gasteiger charge is -2.36. The molecule has 3 heterocycles. The molecule has 1 aromatic heterocycles. The number of piperazine rings is 1. The number of ether oxygens (including phenoxy) is 1. The Hall–Kier alpha value is -3.09. The van der Waals surface area contributed by atoms with Crippen LogP contribution in [0.4, 0.5) is 16.3 Å². The van der Waals surface area contributed by atoms with E-state index >= 15 is 0 Å². The summed E-state index contributed by atoms with van der Waals surface area (Å²) in [7, 11) is 0. The number of rotatable bonds is 5. The van der Waals surface area contributed by atoms with Crippen LogP contribution in [0.15, 0.2) is 36.5 Å². The summed E-state index contributed by atoms with van der Waals surface area (Å²) in [6.07, 6.45) is 3.80. The fourth-order valence-corrected chi connectivity index (χ4v) is 4.33. The Kier molecular flexibility index (Phi) is 6.11. The van der Waals surface area contributed by atoms with Gasteiger partial charge in [-0.15, -0.1) is 0 Å². The van der Waals surface area contributed by atoms with Gasteiger partial charge in [-0.05, 0) is 55.7 Å². The van der Waals surface area contributed by atoms with Crippen LogP contribution in [0.2, 0.25) is 0 Å². The molecule has 0 saturated carbocycles. The first-order valence-corrected chi connectivity index (χ1v) is 11.0. The first-order chi connectivity index (χ1) is 15.0. The number of cyclic esters (lactones) is 1. The summed E-state index contributed by atoms with van der Waals surface area (Å²) in [6.45, 7) is 9.47. The molecule has 0 radical (unpaired) electrons. The molecule has 2 aliphatic heterocycles. The van der Waals surface area contributed by atoms with Crippen molar-refractivity contribution in [1.29, 1.82) is 0 Å². The van der Waals surface area contributed by atoms with Gasteiger partial charge in [0.2, 0.25) is 0 Å². The van der Waals surface area contributed by atoms with Gasteiger partial charge in [0, 0.05) is 43.6 Å². The van der Waals surface area contributed by atoms with E-state index in [-0.39, 0.29) is 18.0 Å². The quantitative estimate of drug-likeness (QED) is 0.736. The number of benzene rings is 1. The Labute approximate surface area is 183 Å². The second-order valence-corrected chi connectivity index (χ2v) is 8.36. The van der Waals surface area contributed by atoms with Gasteiger partial charge < -0.3 is 14.5 Å². The van der Waals surface area contributed by atoms with E-state index in [0.29, 0.717) is 25.3 Å². The zero-order valence-electron chi connectivity index (χ0n) is 18.5. The molecule has 1 aromatic carbocycles. The average Bonchev–Trinajstić information content (AvgIpc) is 3.12. The first kappa shape index (κ1) is 21.2. The number of carbonyl (C=O) groups is 2. The van der Waals surface area contributed by atoms with Crippen LogP contribution in [-0.2, 0) is 11.2 Å². The Balaban J connectivity index is 1.38. The Morgan fingerprint density at radius 1 is 1.16 bits per heavy atom. The minimum Gasteiger partial charge on any atom is -0.447 e. The van der Waals surface area contributed by atoms with Gasteiger partial charge in [0.1, 0.15) is 12.4 Å². The first-order valence-electron chi connectivity index (χ1n) is 11.0. The smallest absolute Gasteiger partial charge is 0.414 e. The summed E-state index contributed by atoms with van der Waals surface area (Å²) in [5.74, 6) is 1.04. The second kappa shape index (κ2) is 8.96. The Bertz CT molecular complexity index is 952. The number of nitrogens with zero attached hydrogens (tertiary/aromatic N) is 4. The topological polar surface area (TPSA) is 66.0 Å². The monoisotopic (exact) mass is 422 g/mol. The number of amides is 2. The lowest BCUT2D eigenvalue weighted by Crippen LogP contribution is -2.49. The molecule has 0 spiro atoms. The molecular weight excluding hydrogens is 392 g/mol. The van der Waals surface area contributed by atoms with E-state index in [9.17, 15) is 9.59 Å². The highest BCUT2D eigenvalue weighted by Gasteiger charge is 2.31. The van der Waals surface area contributed by atoms with Crippen LogP contribution >= 0.6 is 0 Å². The molecule has 0 aliphatic carbocycles. The largest absolute Gasteiger partial charge is 0.447 e. The van der Waals surface area contributed by atoms with Gasteiger partial charge in [-0.2, -0.15) is 0 Å². The summed E-state index contributed by atoms with van der Waals surface area (Å²) in [5, 5.41) is 0. The van der Waals surface area contributed by atoms with Crippen LogP contribution in [0.5, 0.6) is 0 Å². The molecule has 4 rings (SSSR count). The molecule has 31 heavy (non-hydrogen) atoms. The van der Waals surface area contributed by atoms with Crippen molar-refractivity contribution in [3.05, 3.63) is 53.2 Å². The van der Waals surface area contributed by atoms with E-state index in [4.69, 9.17) is 4.74 Å². The van der Waals surface area contributed by atoms with Crippen LogP contribution in [0, 0.1) is 6.92 Å². The van der Waals surface area contributed by atoms with Gasteiger partial charge in [-0.1, -0.05) is 19.4 Å². The van der Waals surface area contributed by atoms with Crippen molar-refractivity contribution in [2.75, 3.05) is 42.6 Å². The van der Waals surface area contributed by atoms with E-state index in [1.165, 1.54) is 11.1 Å². The molecule has 1 atom stereocenters. The molecule has 7 heteroatoms. The molecule has 0 bridgehead atoms. The van der Waals surface area contributed by atoms with Crippen LogP contribution in [-0.4, -0.2) is 60.7 Å². The van der Waals surface area contributed by atoms with Crippen LogP contribution in [0.3, 0.4) is 0 Å². The molecular formula is C24H30N4O3. The normalized spacial score (nSPS) is 19.0. The minimum atomic E-state index is -0.339. The van der Waals surface area contributed by atoms with Crippen molar-refractivity contribution >= 4 is 23.5 Å². The summed E-state index contributed by atoms with van der Waals surface area (Å²) in [5.41, 5.74) is 3.86. The molecule has 2 fully saturated rings. The summed E-state index contributed by atoms with van der Waals surface area (Å²) in [6, 6.07) is 9.44. The fraction of sp³-hybridized carbons (Fsp3) is 0.458. The molecule has 2 aliphatic rings. The summed E-state index contributed by atoms with van der Waals surface area (Å²) >= 11 is 0. The maximum absolute atomic E-state index is 13.0. The van der Waals surface area contributed by atoms with E-state index in [1.54, 1.807) is 17.0 Å². The van der Waals surface area contributed by atoms with Gasteiger partial charge in [0.25, 0.3) is 5.91 Å². The predicted molar refractivity (Wildman–Crippen MR) is 121 cm³/mol. The van der Waals surface area contributed by atoms with Crippen molar-refractivity contribution in [2.45, 2.75) is 39.7 Å². The number of carbonyl (C=O) groups excluding carboxylic acids is 2. The highest BCUT2D eigenvalue weighted by Crippen LogP contribution is 2.24. The van der Waals surface area contributed by atoms with Crippen molar-refractivity contribution in [3.63, 3.8) is 0 Å². The zero-order valence-corrected chi connectivity index (χ0v) is 18.5. The Morgan fingerprint density at radius 3 is 2.45 bits per heavy atom. The maximum atomic E-state index is 13.0. The number of anilines is 2. The molecule has 0 N–H and O–H groups in total. The van der Waals surface area contributed by atoms with Crippen molar-refractivity contribution < 1.29 is 14.3 Å². The van der Waals surface area contributed by atoms with Crippen molar-refractivity contribution in [3.8, 4) is 0 Å². The van der Waals surface area contributed by atoms with Crippen LogP contribution in [0.25, 0.3) is 0 Å². The van der Waals surface area contributed by atoms with Crippen LogP contribution < -0.4 is 9.80 Å². The van der Waals surface area contributed by atoms with E-state index < -0.39 is 0 Å². The number of aryl methyl sites for hydroxylation is 2. The SMILES string of the molecule is CCCc1cnc(N2CCN(C(=O)c3ccc(N4C(=O)OC[C@H]4C)cc3)CC2)c(C)c1.